The van der Waals surface area contributed by atoms with Crippen molar-refractivity contribution in [2.45, 2.75) is 39.7 Å². The summed E-state index contributed by atoms with van der Waals surface area (Å²) in [6.07, 6.45) is 2.31. The van der Waals surface area contributed by atoms with E-state index in [1.54, 1.807) is 0 Å². The van der Waals surface area contributed by atoms with Crippen molar-refractivity contribution in [2.24, 2.45) is 5.92 Å². The van der Waals surface area contributed by atoms with Gasteiger partial charge in [-0.3, -0.25) is 9.59 Å². The van der Waals surface area contributed by atoms with Crippen molar-refractivity contribution >= 4 is 11.8 Å². The fraction of sp³-hybridized carbons (Fsp3) is 0.391. The maximum Gasteiger partial charge on any atom is 0.253 e. The highest BCUT2D eigenvalue weighted by molar-refractivity contribution is 5.94. The Morgan fingerprint density at radius 1 is 0.926 bits per heavy atom. The zero-order valence-electron chi connectivity index (χ0n) is 16.2. The normalized spacial score (nSPS) is 14.8. The predicted octanol–water partition coefficient (Wildman–Crippen LogP) is 3.86. The first kappa shape index (κ1) is 19.2. The van der Waals surface area contributed by atoms with E-state index in [0.717, 1.165) is 42.6 Å². The van der Waals surface area contributed by atoms with Crippen LogP contribution in [0.25, 0.3) is 0 Å². The summed E-state index contributed by atoms with van der Waals surface area (Å²) in [6.45, 7) is 6.09. The molecule has 2 amide bonds. The molecule has 1 fully saturated rings. The molecule has 0 spiro atoms. The Labute approximate surface area is 161 Å². The summed E-state index contributed by atoms with van der Waals surface area (Å²) in [6, 6.07) is 15.9. The molecule has 0 atom stereocenters. The summed E-state index contributed by atoms with van der Waals surface area (Å²) in [5.41, 5.74) is 4.24. The van der Waals surface area contributed by atoms with Crippen LogP contribution in [0.4, 0.5) is 0 Å². The molecule has 4 nitrogen and oxygen atoms in total. The third-order valence-corrected chi connectivity index (χ3v) is 5.28. The minimum absolute atomic E-state index is 0.0947. The van der Waals surface area contributed by atoms with E-state index in [2.05, 4.69) is 24.4 Å². The van der Waals surface area contributed by atoms with Gasteiger partial charge in [-0.25, -0.2) is 0 Å². The Morgan fingerprint density at radius 2 is 1.48 bits per heavy atom. The van der Waals surface area contributed by atoms with Gasteiger partial charge >= 0.3 is 0 Å². The fourth-order valence-electron chi connectivity index (χ4n) is 3.46. The van der Waals surface area contributed by atoms with Gasteiger partial charge in [0.05, 0.1) is 0 Å². The minimum atomic E-state index is 0.0947. The highest BCUT2D eigenvalue weighted by atomic mass is 16.2. The molecule has 142 valence electrons. The maximum absolute atomic E-state index is 12.6. The van der Waals surface area contributed by atoms with E-state index < -0.39 is 0 Å². The van der Waals surface area contributed by atoms with Crippen molar-refractivity contribution in [1.82, 2.24) is 10.2 Å². The molecule has 4 heteroatoms. The molecule has 0 aromatic heterocycles. The molecule has 1 heterocycles. The second-order valence-corrected chi connectivity index (χ2v) is 7.57. The van der Waals surface area contributed by atoms with Gasteiger partial charge < -0.3 is 10.2 Å². The van der Waals surface area contributed by atoms with Crippen LogP contribution < -0.4 is 5.32 Å². The predicted molar refractivity (Wildman–Crippen MR) is 107 cm³/mol. The van der Waals surface area contributed by atoms with Crippen LogP contribution in [0.5, 0.6) is 0 Å². The summed E-state index contributed by atoms with van der Waals surface area (Å²) in [5.74, 6) is 0.543. The van der Waals surface area contributed by atoms with Gasteiger partial charge in [-0.15, -0.1) is 0 Å². The molecule has 1 aliphatic rings. The van der Waals surface area contributed by atoms with Crippen molar-refractivity contribution in [3.05, 3.63) is 70.8 Å². The summed E-state index contributed by atoms with van der Waals surface area (Å²) in [4.78, 5) is 26.7. The molecule has 0 unspecified atom stereocenters. The molecule has 1 saturated heterocycles. The van der Waals surface area contributed by atoms with Crippen molar-refractivity contribution in [3.8, 4) is 0 Å². The summed E-state index contributed by atoms with van der Waals surface area (Å²) >= 11 is 0. The van der Waals surface area contributed by atoms with Crippen LogP contribution in [-0.2, 0) is 11.3 Å². The van der Waals surface area contributed by atoms with Crippen LogP contribution in [0.1, 0.15) is 46.3 Å². The molecule has 0 radical (unpaired) electrons. The first-order valence-corrected chi connectivity index (χ1v) is 9.69. The standard InChI is InChI=1S/C23H28N2O2/c1-17-3-7-20(8-4-17)16-24-22(26)15-19-11-13-25(14-12-19)23(27)21-9-5-18(2)6-10-21/h3-10,19H,11-16H2,1-2H3,(H,24,26). The number of likely N-dealkylation sites (tertiary alicyclic amines) is 1. The molecule has 0 aliphatic carbocycles. The van der Waals surface area contributed by atoms with E-state index in [1.807, 2.05) is 48.2 Å². The zero-order chi connectivity index (χ0) is 19.2. The van der Waals surface area contributed by atoms with Crippen LogP contribution in [0.3, 0.4) is 0 Å². The van der Waals surface area contributed by atoms with E-state index in [-0.39, 0.29) is 11.8 Å². The van der Waals surface area contributed by atoms with Crippen molar-refractivity contribution in [3.63, 3.8) is 0 Å². The van der Waals surface area contributed by atoms with Gasteiger partial charge in [0.2, 0.25) is 5.91 Å². The molecule has 0 bridgehead atoms. The zero-order valence-corrected chi connectivity index (χ0v) is 16.2. The first-order chi connectivity index (χ1) is 13.0. The van der Waals surface area contributed by atoms with Crippen molar-refractivity contribution < 1.29 is 9.59 Å². The Morgan fingerprint density at radius 3 is 2.07 bits per heavy atom. The lowest BCUT2D eigenvalue weighted by Crippen LogP contribution is -2.39. The molecule has 27 heavy (non-hydrogen) atoms. The Kier molecular flexibility index (Phi) is 6.28. The molecule has 2 aromatic carbocycles. The van der Waals surface area contributed by atoms with Gasteiger partial charge in [-0.2, -0.15) is 0 Å². The van der Waals surface area contributed by atoms with Crippen LogP contribution in [0.2, 0.25) is 0 Å². The number of hydrogen-bond donors (Lipinski definition) is 1. The Bertz CT molecular complexity index is 773. The third-order valence-electron chi connectivity index (χ3n) is 5.28. The molecule has 0 saturated carbocycles. The second kappa shape index (κ2) is 8.85. The highest BCUT2D eigenvalue weighted by Crippen LogP contribution is 2.22. The van der Waals surface area contributed by atoms with Gasteiger partial charge in [0.1, 0.15) is 0 Å². The average Bonchev–Trinajstić information content (AvgIpc) is 2.68. The Hall–Kier alpha value is -2.62. The number of benzene rings is 2. The van der Waals surface area contributed by atoms with Gasteiger partial charge in [-0.1, -0.05) is 47.5 Å². The number of nitrogens with zero attached hydrogens (tertiary/aromatic N) is 1. The van der Waals surface area contributed by atoms with E-state index in [0.29, 0.717) is 18.9 Å². The lowest BCUT2D eigenvalue weighted by atomic mass is 9.92. The quantitative estimate of drug-likeness (QED) is 0.876. The molecule has 3 rings (SSSR count). The molecule has 1 aliphatic heterocycles. The van der Waals surface area contributed by atoms with Gasteiger partial charge in [0, 0.05) is 31.6 Å². The number of aryl methyl sites for hydroxylation is 2. The van der Waals surface area contributed by atoms with E-state index in [1.165, 1.54) is 5.56 Å². The lowest BCUT2D eigenvalue weighted by molar-refractivity contribution is -0.122. The van der Waals surface area contributed by atoms with Crippen LogP contribution >= 0.6 is 0 Å². The summed E-state index contributed by atoms with van der Waals surface area (Å²) in [7, 11) is 0. The highest BCUT2D eigenvalue weighted by Gasteiger charge is 2.25. The molecular weight excluding hydrogens is 336 g/mol. The van der Waals surface area contributed by atoms with Crippen molar-refractivity contribution in [1.29, 1.82) is 0 Å². The number of carbonyl (C=O) groups is 2. The largest absolute Gasteiger partial charge is 0.352 e. The minimum Gasteiger partial charge on any atom is -0.352 e. The summed E-state index contributed by atoms with van der Waals surface area (Å²) in [5, 5.41) is 3.01. The summed E-state index contributed by atoms with van der Waals surface area (Å²) < 4.78 is 0. The number of carbonyl (C=O) groups excluding carboxylic acids is 2. The lowest BCUT2D eigenvalue weighted by Gasteiger charge is -2.32. The number of piperidine rings is 1. The monoisotopic (exact) mass is 364 g/mol. The number of rotatable bonds is 5. The van der Waals surface area contributed by atoms with Gasteiger partial charge in [0.25, 0.3) is 5.91 Å². The second-order valence-electron chi connectivity index (χ2n) is 7.57. The van der Waals surface area contributed by atoms with Crippen LogP contribution in [0.15, 0.2) is 48.5 Å². The van der Waals surface area contributed by atoms with E-state index in [4.69, 9.17) is 0 Å². The van der Waals surface area contributed by atoms with E-state index in [9.17, 15) is 9.59 Å². The first-order valence-electron chi connectivity index (χ1n) is 9.69. The average molecular weight is 364 g/mol. The molecule has 1 N–H and O–H groups in total. The van der Waals surface area contributed by atoms with Crippen LogP contribution in [-0.4, -0.2) is 29.8 Å². The number of hydrogen-bond acceptors (Lipinski definition) is 2. The van der Waals surface area contributed by atoms with Gasteiger partial charge in [0.15, 0.2) is 0 Å². The topological polar surface area (TPSA) is 49.4 Å². The third kappa shape index (κ3) is 5.43. The Balaban J connectivity index is 1.42. The number of amides is 2. The van der Waals surface area contributed by atoms with Gasteiger partial charge in [-0.05, 0) is 50.3 Å². The molecule has 2 aromatic rings. The SMILES string of the molecule is Cc1ccc(CNC(=O)CC2CCN(C(=O)c3ccc(C)cc3)CC2)cc1. The van der Waals surface area contributed by atoms with E-state index >= 15 is 0 Å². The smallest absolute Gasteiger partial charge is 0.253 e. The van der Waals surface area contributed by atoms with Crippen molar-refractivity contribution in [2.75, 3.05) is 13.1 Å². The van der Waals surface area contributed by atoms with Crippen LogP contribution in [0, 0.1) is 19.8 Å². The molecular formula is C23H28N2O2. The number of nitrogens with one attached hydrogen (secondary N) is 1. The fourth-order valence-corrected chi connectivity index (χ4v) is 3.46. The maximum atomic E-state index is 12.6.